The number of halogens is 3. The molecule has 0 radical (unpaired) electrons. The summed E-state index contributed by atoms with van der Waals surface area (Å²) in [5.41, 5.74) is -0.0600. The highest BCUT2D eigenvalue weighted by molar-refractivity contribution is 5.90. The van der Waals surface area contributed by atoms with Crippen LogP contribution in [-0.2, 0) is 10.9 Å². The van der Waals surface area contributed by atoms with E-state index in [0.29, 0.717) is 5.56 Å². The highest BCUT2D eigenvalue weighted by Crippen LogP contribution is 2.29. The van der Waals surface area contributed by atoms with E-state index in [2.05, 4.69) is 14.7 Å². The Morgan fingerprint density at radius 1 is 1.14 bits per heavy atom. The Morgan fingerprint density at radius 2 is 1.73 bits per heavy atom. The normalized spacial score (nSPS) is 12.3. The van der Waals surface area contributed by atoms with E-state index in [9.17, 15) is 18.0 Å². The molecular weight excluding hydrogens is 301 g/mol. The maximum Gasteiger partial charge on any atom is 0.471 e. The molecule has 0 saturated carbocycles. The summed E-state index contributed by atoms with van der Waals surface area (Å²) in [6.07, 6.45) is -4.69. The first-order valence-corrected chi connectivity index (χ1v) is 6.31. The lowest BCUT2D eigenvalue weighted by Gasteiger charge is -2.19. The van der Waals surface area contributed by atoms with Crippen LogP contribution in [0.15, 0.2) is 28.8 Å². The smallest absolute Gasteiger partial charge is 0.456 e. The summed E-state index contributed by atoms with van der Waals surface area (Å²) in [7, 11) is 0. The number of ether oxygens (including phenoxy) is 1. The van der Waals surface area contributed by atoms with Crippen molar-refractivity contribution in [2.45, 2.75) is 32.5 Å². The van der Waals surface area contributed by atoms with Crippen molar-refractivity contribution in [2.24, 2.45) is 0 Å². The maximum absolute atomic E-state index is 12.4. The topological polar surface area (TPSA) is 65.2 Å². The van der Waals surface area contributed by atoms with Gasteiger partial charge in [0.15, 0.2) is 0 Å². The van der Waals surface area contributed by atoms with Crippen molar-refractivity contribution in [3.63, 3.8) is 0 Å². The molecule has 0 spiro atoms. The van der Waals surface area contributed by atoms with Gasteiger partial charge in [0.1, 0.15) is 5.60 Å². The van der Waals surface area contributed by atoms with Crippen LogP contribution in [0.2, 0.25) is 0 Å². The zero-order valence-corrected chi connectivity index (χ0v) is 12.1. The van der Waals surface area contributed by atoms with E-state index in [4.69, 9.17) is 4.74 Å². The number of carbonyl (C=O) groups is 1. The second-order valence-electron chi connectivity index (χ2n) is 5.50. The van der Waals surface area contributed by atoms with Crippen molar-refractivity contribution >= 4 is 5.97 Å². The lowest BCUT2D eigenvalue weighted by Crippen LogP contribution is -2.23. The number of carbonyl (C=O) groups excluding carboxylic acids is 1. The van der Waals surface area contributed by atoms with Crippen LogP contribution in [-0.4, -0.2) is 21.7 Å². The van der Waals surface area contributed by atoms with Crippen LogP contribution in [0.1, 0.15) is 37.0 Å². The Balaban J connectivity index is 2.19. The molecule has 2 aromatic rings. The van der Waals surface area contributed by atoms with E-state index in [1.807, 2.05) is 0 Å². The minimum absolute atomic E-state index is 0.205. The molecule has 0 saturated heterocycles. The van der Waals surface area contributed by atoms with Crippen LogP contribution in [0.3, 0.4) is 0 Å². The van der Waals surface area contributed by atoms with Crippen molar-refractivity contribution in [3.05, 3.63) is 35.7 Å². The van der Waals surface area contributed by atoms with Crippen LogP contribution in [0, 0.1) is 0 Å². The Bertz CT molecular complexity index is 670. The zero-order valence-electron chi connectivity index (χ0n) is 12.1. The van der Waals surface area contributed by atoms with Gasteiger partial charge in [-0.15, -0.1) is 0 Å². The third-order valence-electron chi connectivity index (χ3n) is 2.45. The summed E-state index contributed by atoms with van der Waals surface area (Å²) in [4.78, 5) is 15.1. The first kappa shape index (κ1) is 16.0. The molecule has 1 heterocycles. The molecule has 1 aromatic carbocycles. The average Bonchev–Trinajstić information content (AvgIpc) is 2.86. The lowest BCUT2D eigenvalue weighted by atomic mass is 10.1. The lowest BCUT2D eigenvalue weighted by molar-refractivity contribution is -0.159. The molecule has 8 heteroatoms. The maximum atomic E-state index is 12.4. The Labute approximate surface area is 124 Å². The van der Waals surface area contributed by atoms with E-state index in [0.717, 1.165) is 0 Å². The first-order chi connectivity index (χ1) is 10.1. The van der Waals surface area contributed by atoms with E-state index in [1.165, 1.54) is 24.3 Å². The van der Waals surface area contributed by atoms with Gasteiger partial charge in [-0.05, 0) is 32.9 Å². The number of benzene rings is 1. The van der Waals surface area contributed by atoms with Gasteiger partial charge >= 0.3 is 18.0 Å². The number of hydrogen-bond donors (Lipinski definition) is 0. The Morgan fingerprint density at radius 3 is 2.18 bits per heavy atom. The van der Waals surface area contributed by atoms with E-state index in [1.54, 1.807) is 20.8 Å². The van der Waals surface area contributed by atoms with Crippen molar-refractivity contribution in [2.75, 3.05) is 0 Å². The fourth-order valence-electron chi connectivity index (χ4n) is 1.55. The Hall–Kier alpha value is -2.38. The van der Waals surface area contributed by atoms with Gasteiger partial charge in [0.25, 0.3) is 0 Å². The van der Waals surface area contributed by atoms with Crippen molar-refractivity contribution in [1.82, 2.24) is 10.1 Å². The van der Waals surface area contributed by atoms with Crippen molar-refractivity contribution in [1.29, 1.82) is 0 Å². The Kier molecular flexibility index (Phi) is 3.95. The first-order valence-electron chi connectivity index (χ1n) is 6.31. The standard InChI is InChI=1S/C14H13F3N2O3/c1-13(2,3)21-11(20)9-6-4-8(5-7-9)10-18-12(22-19-10)14(15,16)17/h4-7H,1-3H3. The summed E-state index contributed by atoms with van der Waals surface area (Å²) in [6, 6.07) is 5.69. The van der Waals surface area contributed by atoms with E-state index in [-0.39, 0.29) is 11.4 Å². The monoisotopic (exact) mass is 314 g/mol. The molecule has 0 bridgehead atoms. The minimum Gasteiger partial charge on any atom is -0.456 e. The van der Waals surface area contributed by atoms with Crippen LogP contribution < -0.4 is 0 Å². The molecule has 1 aromatic heterocycles. The van der Waals surface area contributed by atoms with Gasteiger partial charge in [0.2, 0.25) is 5.82 Å². The van der Waals surface area contributed by atoms with Gasteiger partial charge in [-0.3, -0.25) is 0 Å². The number of rotatable bonds is 2. The summed E-state index contributed by atoms with van der Waals surface area (Å²) >= 11 is 0. The van der Waals surface area contributed by atoms with Crippen molar-refractivity contribution in [3.8, 4) is 11.4 Å². The largest absolute Gasteiger partial charge is 0.471 e. The highest BCUT2D eigenvalue weighted by atomic mass is 19.4. The molecule has 118 valence electrons. The minimum atomic E-state index is -4.69. The second-order valence-corrected chi connectivity index (χ2v) is 5.50. The molecule has 2 rings (SSSR count). The summed E-state index contributed by atoms with van der Waals surface area (Å²) in [6.45, 7) is 5.20. The molecule has 0 amide bonds. The van der Waals surface area contributed by atoms with Gasteiger partial charge in [-0.1, -0.05) is 17.3 Å². The molecule has 0 aliphatic carbocycles. The van der Waals surface area contributed by atoms with Gasteiger partial charge in [0, 0.05) is 5.56 Å². The third kappa shape index (κ3) is 3.84. The van der Waals surface area contributed by atoms with Crippen LogP contribution >= 0.6 is 0 Å². The summed E-state index contributed by atoms with van der Waals surface area (Å²) in [5.74, 6) is -2.15. The predicted molar refractivity (Wildman–Crippen MR) is 69.9 cm³/mol. The molecule has 0 aliphatic rings. The fourth-order valence-corrected chi connectivity index (χ4v) is 1.55. The quantitative estimate of drug-likeness (QED) is 0.791. The van der Waals surface area contributed by atoms with Gasteiger partial charge in [-0.2, -0.15) is 18.2 Å². The fraction of sp³-hybridized carbons (Fsp3) is 0.357. The summed E-state index contributed by atoms with van der Waals surface area (Å²) in [5, 5.41) is 3.26. The molecule has 0 N–H and O–H groups in total. The van der Waals surface area contributed by atoms with Crippen molar-refractivity contribution < 1.29 is 27.2 Å². The number of aromatic nitrogens is 2. The van der Waals surface area contributed by atoms with Crippen LogP contribution in [0.25, 0.3) is 11.4 Å². The number of hydrogen-bond acceptors (Lipinski definition) is 5. The molecule has 5 nitrogen and oxygen atoms in total. The van der Waals surface area contributed by atoms with Gasteiger partial charge in [0.05, 0.1) is 5.56 Å². The molecular formula is C14H13F3N2O3. The summed E-state index contributed by atoms with van der Waals surface area (Å²) < 4.78 is 46.5. The average molecular weight is 314 g/mol. The van der Waals surface area contributed by atoms with Crippen LogP contribution in [0.4, 0.5) is 13.2 Å². The van der Waals surface area contributed by atoms with Gasteiger partial charge < -0.3 is 9.26 Å². The third-order valence-corrected chi connectivity index (χ3v) is 2.45. The van der Waals surface area contributed by atoms with E-state index >= 15 is 0 Å². The SMILES string of the molecule is CC(C)(C)OC(=O)c1ccc(-c2noc(C(F)(F)F)n2)cc1. The van der Waals surface area contributed by atoms with Crippen LogP contribution in [0.5, 0.6) is 0 Å². The molecule has 22 heavy (non-hydrogen) atoms. The second kappa shape index (κ2) is 5.43. The zero-order chi connectivity index (χ0) is 16.5. The number of esters is 1. The molecule has 0 aliphatic heterocycles. The molecule has 0 unspecified atom stereocenters. The molecule has 0 atom stereocenters. The van der Waals surface area contributed by atoms with Gasteiger partial charge in [-0.25, -0.2) is 4.79 Å². The van der Waals surface area contributed by atoms with E-state index < -0.39 is 23.6 Å². The number of alkyl halides is 3. The molecule has 0 fully saturated rings. The predicted octanol–water partition coefficient (Wildman–Crippen LogP) is 3.71. The highest BCUT2D eigenvalue weighted by Gasteiger charge is 2.38. The number of nitrogens with zero attached hydrogens (tertiary/aromatic N) is 2.